The number of amides is 2. The molecule has 0 saturated carbocycles. The van der Waals surface area contributed by atoms with E-state index in [4.69, 9.17) is 0 Å². The number of nitrogens with zero attached hydrogens (tertiary/aromatic N) is 4. The Morgan fingerprint density at radius 1 is 1.06 bits per heavy atom. The number of benzene rings is 1. The maximum atomic E-state index is 13.1. The quantitative estimate of drug-likeness (QED) is 0.656. The zero-order valence-electron chi connectivity index (χ0n) is 18.4. The van der Waals surface area contributed by atoms with Crippen LogP contribution in [0.5, 0.6) is 0 Å². The number of carbonyl (C=O) groups is 2. The Bertz CT molecular complexity index is 952. The minimum absolute atomic E-state index is 0.0148. The van der Waals surface area contributed by atoms with Crippen LogP contribution in [0.25, 0.3) is 0 Å². The van der Waals surface area contributed by atoms with Crippen LogP contribution in [0.15, 0.2) is 18.2 Å². The molecule has 0 aromatic heterocycles. The molecule has 170 valence electrons. The number of rotatable bonds is 6. The summed E-state index contributed by atoms with van der Waals surface area (Å²) in [5.74, 6) is -0.428. The fraction of sp³-hybridized carbons (Fsp3) is 0.636. The van der Waals surface area contributed by atoms with Gasteiger partial charge in [0.05, 0.1) is 5.92 Å². The summed E-state index contributed by atoms with van der Waals surface area (Å²) in [6.45, 7) is 6.22. The molecule has 9 heteroatoms. The van der Waals surface area contributed by atoms with Gasteiger partial charge in [-0.25, -0.2) is 0 Å². The standard InChI is InChI=1S/C22H32N4O4S/c1-3-24(4-2)31(29,30)25-12-10-23(11-13-25)22(28)19-15-21(27)26(16-19)20-9-8-17-6-5-7-18(17)14-20/h8-9,14,19H,3-7,10-13,15-16H2,1-2H3. The summed E-state index contributed by atoms with van der Waals surface area (Å²) < 4.78 is 28.3. The third-order valence-corrected chi connectivity index (χ3v) is 8.96. The monoisotopic (exact) mass is 448 g/mol. The van der Waals surface area contributed by atoms with Crippen molar-refractivity contribution in [2.75, 3.05) is 50.7 Å². The van der Waals surface area contributed by atoms with E-state index in [-0.39, 0.29) is 24.2 Å². The predicted molar refractivity (Wildman–Crippen MR) is 119 cm³/mol. The van der Waals surface area contributed by atoms with Gasteiger partial charge in [0.25, 0.3) is 10.2 Å². The second kappa shape index (κ2) is 8.88. The lowest BCUT2D eigenvalue weighted by atomic mass is 10.1. The van der Waals surface area contributed by atoms with Gasteiger partial charge in [-0.1, -0.05) is 19.9 Å². The molecule has 0 radical (unpaired) electrons. The Labute approximate surface area is 185 Å². The molecular weight excluding hydrogens is 416 g/mol. The lowest BCUT2D eigenvalue weighted by molar-refractivity contribution is -0.137. The fourth-order valence-corrected chi connectivity index (χ4v) is 6.56. The molecule has 1 atom stereocenters. The van der Waals surface area contributed by atoms with E-state index in [1.807, 2.05) is 19.9 Å². The molecule has 1 aromatic rings. The first-order valence-electron chi connectivity index (χ1n) is 11.3. The number of fused-ring (bicyclic) bond motifs is 1. The van der Waals surface area contributed by atoms with Gasteiger partial charge in [0, 0.05) is 57.9 Å². The summed E-state index contributed by atoms with van der Waals surface area (Å²) >= 11 is 0. The van der Waals surface area contributed by atoms with Crippen LogP contribution in [-0.2, 0) is 32.6 Å². The minimum Gasteiger partial charge on any atom is -0.340 e. The third kappa shape index (κ3) is 4.23. The van der Waals surface area contributed by atoms with Crippen molar-refractivity contribution >= 4 is 27.7 Å². The molecule has 3 aliphatic rings. The van der Waals surface area contributed by atoms with Gasteiger partial charge in [0.15, 0.2) is 0 Å². The predicted octanol–water partition coefficient (Wildman–Crippen LogP) is 1.26. The van der Waals surface area contributed by atoms with Gasteiger partial charge in [-0.3, -0.25) is 9.59 Å². The molecule has 2 aliphatic heterocycles. The van der Waals surface area contributed by atoms with E-state index in [1.54, 1.807) is 9.80 Å². The summed E-state index contributed by atoms with van der Waals surface area (Å²) in [5.41, 5.74) is 3.56. The Hall–Kier alpha value is -1.97. The number of anilines is 1. The molecule has 0 spiro atoms. The van der Waals surface area contributed by atoms with Gasteiger partial charge in [0.1, 0.15) is 0 Å². The topological polar surface area (TPSA) is 81.2 Å². The van der Waals surface area contributed by atoms with E-state index in [9.17, 15) is 18.0 Å². The maximum Gasteiger partial charge on any atom is 0.282 e. The van der Waals surface area contributed by atoms with Gasteiger partial charge in [-0.15, -0.1) is 0 Å². The smallest absolute Gasteiger partial charge is 0.282 e. The van der Waals surface area contributed by atoms with Crippen LogP contribution < -0.4 is 4.90 Å². The molecule has 31 heavy (non-hydrogen) atoms. The molecule has 1 aromatic carbocycles. The van der Waals surface area contributed by atoms with E-state index in [0.29, 0.717) is 45.8 Å². The Kier molecular flexibility index (Phi) is 6.37. The van der Waals surface area contributed by atoms with Gasteiger partial charge < -0.3 is 9.80 Å². The molecule has 2 amide bonds. The van der Waals surface area contributed by atoms with Crippen molar-refractivity contribution < 1.29 is 18.0 Å². The maximum absolute atomic E-state index is 13.1. The Morgan fingerprint density at radius 2 is 1.74 bits per heavy atom. The molecule has 1 aliphatic carbocycles. The summed E-state index contributed by atoms with van der Waals surface area (Å²) in [6.07, 6.45) is 3.52. The Balaban J connectivity index is 1.37. The van der Waals surface area contributed by atoms with Crippen molar-refractivity contribution in [2.45, 2.75) is 39.5 Å². The van der Waals surface area contributed by atoms with E-state index in [2.05, 4.69) is 12.1 Å². The van der Waals surface area contributed by atoms with Crippen LogP contribution in [0, 0.1) is 5.92 Å². The highest BCUT2D eigenvalue weighted by atomic mass is 32.2. The van der Waals surface area contributed by atoms with Crippen molar-refractivity contribution in [3.8, 4) is 0 Å². The molecular formula is C22H32N4O4S. The largest absolute Gasteiger partial charge is 0.340 e. The molecule has 0 bridgehead atoms. The Morgan fingerprint density at radius 3 is 2.42 bits per heavy atom. The zero-order chi connectivity index (χ0) is 22.2. The molecule has 2 fully saturated rings. The van der Waals surface area contributed by atoms with Gasteiger partial charge in [0.2, 0.25) is 11.8 Å². The van der Waals surface area contributed by atoms with E-state index < -0.39 is 10.2 Å². The summed E-state index contributed by atoms with van der Waals surface area (Å²) in [7, 11) is -3.48. The zero-order valence-corrected chi connectivity index (χ0v) is 19.2. The number of carbonyl (C=O) groups excluding carboxylic acids is 2. The fourth-order valence-electron chi connectivity index (χ4n) is 4.96. The lowest BCUT2D eigenvalue weighted by Gasteiger charge is -2.37. The first-order valence-corrected chi connectivity index (χ1v) is 12.7. The van der Waals surface area contributed by atoms with Crippen LogP contribution in [0.4, 0.5) is 5.69 Å². The SMILES string of the molecule is CCN(CC)S(=O)(=O)N1CCN(C(=O)C2CC(=O)N(c3ccc4c(c3)CCC4)C2)CC1. The third-order valence-electron chi connectivity index (χ3n) is 6.78. The molecule has 2 saturated heterocycles. The normalized spacial score (nSPS) is 22.4. The highest BCUT2D eigenvalue weighted by molar-refractivity contribution is 7.86. The van der Waals surface area contributed by atoms with E-state index in [0.717, 1.165) is 24.9 Å². The van der Waals surface area contributed by atoms with E-state index in [1.165, 1.54) is 19.7 Å². The van der Waals surface area contributed by atoms with Crippen LogP contribution in [0.3, 0.4) is 0 Å². The number of piperazine rings is 1. The molecule has 4 rings (SSSR count). The van der Waals surface area contributed by atoms with Crippen LogP contribution >= 0.6 is 0 Å². The average Bonchev–Trinajstić information content (AvgIpc) is 3.39. The van der Waals surface area contributed by atoms with Crippen LogP contribution in [-0.4, -0.2) is 79.6 Å². The van der Waals surface area contributed by atoms with Crippen molar-refractivity contribution in [3.05, 3.63) is 29.3 Å². The molecule has 0 N–H and O–H groups in total. The lowest BCUT2D eigenvalue weighted by Crippen LogP contribution is -2.55. The average molecular weight is 449 g/mol. The van der Waals surface area contributed by atoms with E-state index >= 15 is 0 Å². The second-order valence-electron chi connectivity index (χ2n) is 8.53. The summed E-state index contributed by atoms with van der Waals surface area (Å²) in [5, 5.41) is 0. The van der Waals surface area contributed by atoms with Crippen molar-refractivity contribution in [1.82, 2.24) is 13.5 Å². The highest BCUT2D eigenvalue weighted by Gasteiger charge is 2.39. The van der Waals surface area contributed by atoms with Crippen molar-refractivity contribution in [3.63, 3.8) is 0 Å². The van der Waals surface area contributed by atoms with Gasteiger partial charge in [-0.2, -0.15) is 17.0 Å². The first kappa shape index (κ1) is 22.2. The second-order valence-corrected chi connectivity index (χ2v) is 10.5. The number of aryl methyl sites for hydroxylation is 2. The van der Waals surface area contributed by atoms with Crippen LogP contribution in [0.1, 0.15) is 37.8 Å². The summed E-state index contributed by atoms with van der Waals surface area (Å²) in [4.78, 5) is 29.2. The molecule has 8 nitrogen and oxygen atoms in total. The number of hydrogen-bond acceptors (Lipinski definition) is 4. The van der Waals surface area contributed by atoms with Crippen LogP contribution in [0.2, 0.25) is 0 Å². The molecule has 1 unspecified atom stereocenters. The summed E-state index contributed by atoms with van der Waals surface area (Å²) in [6, 6.07) is 6.20. The van der Waals surface area contributed by atoms with Gasteiger partial charge in [-0.05, 0) is 42.5 Å². The minimum atomic E-state index is -3.48. The van der Waals surface area contributed by atoms with Crippen molar-refractivity contribution in [2.24, 2.45) is 5.92 Å². The first-order chi connectivity index (χ1) is 14.8. The molecule has 2 heterocycles. The number of hydrogen-bond donors (Lipinski definition) is 0. The van der Waals surface area contributed by atoms with Crippen molar-refractivity contribution in [1.29, 1.82) is 0 Å². The van der Waals surface area contributed by atoms with Gasteiger partial charge >= 0.3 is 0 Å². The highest BCUT2D eigenvalue weighted by Crippen LogP contribution is 2.31.